The Balaban J connectivity index is 1.70. The summed E-state index contributed by atoms with van der Waals surface area (Å²) in [5.74, 6) is 1.66. The van der Waals surface area contributed by atoms with Crippen molar-refractivity contribution in [3.63, 3.8) is 0 Å². The largest absolute Gasteiger partial charge is 0.493 e. The fourth-order valence-electron chi connectivity index (χ4n) is 3.37. The Morgan fingerprint density at radius 2 is 1.77 bits per heavy atom. The predicted octanol–water partition coefficient (Wildman–Crippen LogP) is 4.12. The van der Waals surface area contributed by atoms with E-state index in [2.05, 4.69) is 16.1 Å². The summed E-state index contributed by atoms with van der Waals surface area (Å²) in [7, 11) is 3.28. The number of hydrogen-bond acceptors (Lipinski definition) is 4. The van der Waals surface area contributed by atoms with Crippen molar-refractivity contribution < 1.29 is 23.0 Å². The topological polar surface area (TPSA) is 39.7 Å². The van der Waals surface area contributed by atoms with E-state index in [0.29, 0.717) is 0 Å². The summed E-state index contributed by atoms with van der Waals surface area (Å²) in [4.78, 5) is 0. The van der Waals surface area contributed by atoms with Gasteiger partial charge in [0.15, 0.2) is 11.5 Å². The molecule has 3 rings (SSSR count). The Labute approximate surface area is 152 Å². The second-order valence-electron chi connectivity index (χ2n) is 6.22. The molecule has 0 unspecified atom stereocenters. The van der Waals surface area contributed by atoms with Crippen LogP contribution in [0.5, 0.6) is 17.2 Å². The first-order valence-corrected chi connectivity index (χ1v) is 8.62. The van der Waals surface area contributed by atoms with Gasteiger partial charge >= 0.3 is 6.61 Å². The minimum Gasteiger partial charge on any atom is -0.493 e. The van der Waals surface area contributed by atoms with Crippen LogP contribution in [-0.2, 0) is 12.8 Å². The minimum atomic E-state index is -2.80. The van der Waals surface area contributed by atoms with Crippen LogP contribution in [0.3, 0.4) is 0 Å². The van der Waals surface area contributed by atoms with Gasteiger partial charge < -0.3 is 19.5 Å². The van der Waals surface area contributed by atoms with Gasteiger partial charge in [-0.1, -0.05) is 12.1 Å². The number of benzene rings is 2. The maximum Gasteiger partial charge on any atom is 0.387 e. The van der Waals surface area contributed by atoms with Crippen LogP contribution in [0.1, 0.15) is 29.2 Å². The third kappa shape index (κ3) is 4.25. The van der Waals surface area contributed by atoms with Gasteiger partial charge in [0, 0.05) is 6.04 Å². The normalized spacial score (nSPS) is 16.3. The lowest BCUT2D eigenvalue weighted by atomic mass is 9.90. The van der Waals surface area contributed by atoms with Crippen LogP contribution in [0.15, 0.2) is 36.4 Å². The first kappa shape index (κ1) is 18.5. The number of ether oxygens (including phenoxy) is 3. The van der Waals surface area contributed by atoms with E-state index in [1.54, 1.807) is 26.4 Å². The standard InChI is InChI=1S/C20H23F2NO3/c1-24-18-11-14-9-10-23-17(16(14)12-19(18)25-2)8-5-13-3-6-15(7-4-13)26-20(21)22/h3-4,6-7,11-12,17,20,23H,5,8-10H2,1-2H3/t17-/m0/s1. The second kappa shape index (κ2) is 8.36. The molecule has 0 bridgehead atoms. The molecule has 0 aliphatic carbocycles. The first-order chi connectivity index (χ1) is 12.6. The molecular weight excluding hydrogens is 340 g/mol. The van der Waals surface area contributed by atoms with Gasteiger partial charge in [0.25, 0.3) is 0 Å². The highest BCUT2D eigenvalue weighted by atomic mass is 19.3. The molecule has 0 radical (unpaired) electrons. The summed E-state index contributed by atoms with van der Waals surface area (Å²) >= 11 is 0. The molecule has 1 N–H and O–H groups in total. The number of fused-ring (bicyclic) bond motifs is 1. The Bertz CT molecular complexity index is 735. The van der Waals surface area contributed by atoms with Crippen LogP contribution in [0.25, 0.3) is 0 Å². The Kier molecular flexibility index (Phi) is 5.93. The van der Waals surface area contributed by atoms with Gasteiger partial charge in [-0.05, 0) is 66.8 Å². The lowest BCUT2D eigenvalue weighted by Gasteiger charge is -2.28. The third-order valence-corrected chi connectivity index (χ3v) is 4.68. The van der Waals surface area contributed by atoms with Crippen molar-refractivity contribution in [2.45, 2.75) is 31.9 Å². The highest BCUT2D eigenvalue weighted by Crippen LogP contribution is 2.36. The number of rotatable bonds is 7. The van der Waals surface area contributed by atoms with Crippen molar-refractivity contribution in [1.82, 2.24) is 5.32 Å². The van der Waals surface area contributed by atoms with Gasteiger partial charge in [0.1, 0.15) is 5.75 Å². The summed E-state index contributed by atoms with van der Waals surface area (Å²) < 4.78 is 39.6. The molecule has 0 aromatic heterocycles. The second-order valence-corrected chi connectivity index (χ2v) is 6.22. The number of aryl methyl sites for hydroxylation is 1. The van der Waals surface area contributed by atoms with E-state index in [1.165, 1.54) is 11.1 Å². The van der Waals surface area contributed by atoms with Crippen molar-refractivity contribution in [3.8, 4) is 17.2 Å². The maximum atomic E-state index is 12.2. The fraction of sp³-hybridized carbons (Fsp3) is 0.400. The van der Waals surface area contributed by atoms with Crippen LogP contribution >= 0.6 is 0 Å². The van der Waals surface area contributed by atoms with Crippen molar-refractivity contribution >= 4 is 0 Å². The molecular formula is C20H23F2NO3. The van der Waals surface area contributed by atoms with Crippen LogP contribution in [0, 0.1) is 0 Å². The molecule has 1 aliphatic heterocycles. The summed E-state index contributed by atoms with van der Waals surface area (Å²) in [5, 5.41) is 3.55. The molecule has 1 aliphatic rings. The Morgan fingerprint density at radius 3 is 2.42 bits per heavy atom. The molecule has 26 heavy (non-hydrogen) atoms. The van der Waals surface area contributed by atoms with Gasteiger partial charge in [-0.25, -0.2) is 0 Å². The maximum absolute atomic E-state index is 12.2. The molecule has 0 fully saturated rings. The summed E-state index contributed by atoms with van der Waals surface area (Å²) in [6.07, 6.45) is 2.68. The number of methoxy groups -OCH3 is 2. The molecule has 1 atom stereocenters. The predicted molar refractivity (Wildman–Crippen MR) is 95.4 cm³/mol. The van der Waals surface area contributed by atoms with Crippen LogP contribution in [0.4, 0.5) is 8.78 Å². The van der Waals surface area contributed by atoms with Crippen molar-refractivity contribution in [1.29, 1.82) is 0 Å². The van der Waals surface area contributed by atoms with Crippen LogP contribution in [0.2, 0.25) is 0 Å². The van der Waals surface area contributed by atoms with Crippen molar-refractivity contribution in [2.24, 2.45) is 0 Å². The monoisotopic (exact) mass is 363 g/mol. The van der Waals surface area contributed by atoms with Gasteiger partial charge in [-0.2, -0.15) is 8.78 Å². The summed E-state index contributed by atoms with van der Waals surface area (Å²) in [6.45, 7) is -1.88. The van der Waals surface area contributed by atoms with E-state index in [-0.39, 0.29) is 11.8 Å². The van der Waals surface area contributed by atoms with E-state index in [4.69, 9.17) is 9.47 Å². The average Bonchev–Trinajstić information content (AvgIpc) is 2.65. The van der Waals surface area contributed by atoms with Crippen LogP contribution in [-0.4, -0.2) is 27.4 Å². The fourth-order valence-corrected chi connectivity index (χ4v) is 3.37. The minimum absolute atomic E-state index is 0.182. The molecule has 2 aromatic carbocycles. The summed E-state index contributed by atoms with van der Waals surface area (Å²) in [6, 6.07) is 11.1. The smallest absolute Gasteiger partial charge is 0.387 e. The van der Waals surface area contributed by atoms with E-state index in [0.717, 1.165) is 42.9 Å². The Hall–Kier alpha value is -2.34. The highest BCUT2D eigenvalue weighted by molar-refractivity contribution is 5.49. The molecule has 0 saturated carbocycles. The van der Waals surface area contributed by atoms with Crippen LogP contribution < -0.4 is 19.5 Å². The molecule has 2 aromatic rings. The lowest BCUT2D eigenvalue weighted by molar-refractivity contribution is -0.0498. The molecule has 140 valence electrons. The molecule has 0 saturated heterocycles. The molecule has 4 nitrogen and oxygen atoms in total. The van der Waals surface area contributed by atoms with E-state index < -0.39 is 6.61 Å². The number of nitrogens with one attached hydrogen (secondary N) is 1. The van der Waals surface area contributed by atoms with E-state index >= 15 is 0 Å². The van der Waals surface area contributed by atoms with Gasteiger partial charge in [0.05, 0.1) is 14.2 Å². The van der Waals surface area contributed by atoms with Gasteiger partial charge in [0.2, 0.25) is 0 Å². The summed E-state index contributed by atoms with van der Waals surface area (Å²) in [5.41, 5.74) is 3.58. The molecule has 1 heterocycles. The van der Waals surface area contributed by atoms with Crippen molar-refractivity contribution in [3.05, 3.63) is 53.1 Å². The first-order valence-electron chi connectivity index (χ1n) is 8.62. The van der Waals surface area contributed by atoms with Crippen molar-refractivity contribution in [2.75, 3.05) is 20.8 Å². The third-order valence-electron chi connectivity index (χ3n) is 4.68. The Morgan fingerprint density at radius 1 is 1.08 bits per heavy atom. The van der Waals surface area contributed by atoms with Gasteiger partial charge in [-0.3, -0.25) is 0 Å². The van der Waals surface area contributed by atoms with E-state index in [1.807, 2.05) is 18.2 Å². The lowest BCUT2D eigenvalue weighted by Crippen LogP contribution is -2.30. The number of hydrogen-bond donors (Lipinski definition) is 1. The quantitative estimate of drug-likeness (QED) is 0.803. The van der Waals surface area contributed by atoms with Gasteiger partial charge in [-0.15, -0.1) is 0 Å². The van der Waals surface area contributed by atoms with E-state index in [9.17, 15) is 8.78 Å². The zero-order valence-electron chi connectivity index (χ0n) is 14.9. The molecule has 6 heteroatoms. The number of alkyl halides is 2. The zero-order valence-corrected chi connectivity index (χ0v) is 14.9. The molecule has 0 spiro atoms. The SMILES string of the molecule is COc1cc2c(cc1OC)[C@H](CCc1ccc(OC(F)F)cc1)NCC2. The molecule has 0 amide bonds. The zero-order chi connectivity index (χ0) is 18.5. The highest BCUT2D eigenvalue weighted by Gasteiger charge is 2.22. The number of halogens is 2. The average molecular weight is 363 g/mol.